The molecule has 2 rings (SSSR count). The fraction of sp³-hybridized carbons (Fsp3) is 1.00. The van der Waals surface area contributed by atoms with Gasteiger partial charge in [-0.15, -0.1) is 0 Å². The number of hydrogen-bond donors (Lipinski definition) is 1. The van der Waals surface area contributed by atoms with Crippen molar-refractivity contribution >= 4 is 0 Å². The second kappa shape index (κ2) is 7.64. The Kier molecular flexibility index (Phi) is 6.15. The molecule has 0 radical (unpaired) electrons. The van der Waals surface area contributed by atoms with Crippen molar-refractivity contribution < 1.29 is 0 Å². The topological polar surface area (TPSA) is 15.3 Å². The molecule has 19 heavy (non-hydrogen) atoms. The second-order valence-corrected chi connectivity index (χ2v) is 7.50. The summed E-state index contributed by atoms with van der Waals surface area (Å²) in [5.74, 6) is 0. The number of hydrogen-bond acceptors (Lipinski definition) is 2. The maximum atomic E-state index is 3.81. The average molecular weight is 266 g/mol. The highest BCUT2D eigenvalue weighted by molar-refractivity contribution is 4.79. The summed E-state index contributed by atoms with van der Waals surface area (Å²) < 4.78 is 0. The molecule has 2 nitrogen and oxygen atoms in total. The van der Waals surface area contributed by atoms with Gasteiger partial charge >= 0.3 is 0 Å². The summed E-state index contributed by atoms with van der Waals surface area (Å²) in [5.41, 5.74) is 0.588. The van der Waals surface area contributed by atoms with Crippen molar-refractivity contribution in [3.8, 4) is 0 Å². The Hall–Kier alpha value is -0.0800. The monoisotopic (exact) mass is 266 g/mol. The SMILES string of the molecule is CC1(C)CCCC(NCCCN2CCCCC2)CC1. The first-order valence-electron chi connectivity index (χ1n) is 8.61. The molecule has 2 fully saturated rings. The summed E-state index contributed by atoms with van der Waals surface area (Å²) in [6.07, 6.45) is 12.6. The van der Waals surface area contributed by atoms with E-state index in [9.17, 15) is 0 Å². The normalized spacial score (nSPS) is 29.1. The molecule has 1 heterocycles. The van der Waals surface area contributed by atoms with Crippen molar-refractivity contribution in [1.29, 1.82) is 0 Å². The van der Waals surface area contributed by atoms with Gasteiger partial charge in [-0.05, 0) is 76.5 Å². The molecule has 1 N–H and O–H groups in total. The van der Waals surface area contributed by atoms with Crippen LogP contribution in [0.2, 0.25) is 0 Å². The van der Waals surface area contributed by atoms with Gasteiger partial charge in [-0.3, -0.25) is 0 Å². The zero-order chi connectivity index (χ0) is 13.6. The molecule has 0 spiro atoms. The number of nitrogens with one attached hydrogen (secondary N) is 1. The van der Waals surface area contributed by atoms with Crippen LogP contribution in [0.4, 0.5) is 0 Å². The fourth-order valence-electron chi connectivity index (χ4n) is 3.66. The van der Waals surface area contributed by atoms with E-state index in [1.54, 1.807) is 0 Å². The minimum atomic E-state index is 0.588. The van der Waals surface area contributed by atoms with Gasteiger partial charge in [0, 0.05) is 6.04 Å². The van der Waals surface area contributed by atoms with Gasteiger partial charge in [-0.1, -0.05) is 26.7 Å². The van der Waals surface area contributed by atoms with E-state index < -0.39 is 0 Å². The van der Waals surface area contributed by atoms with E-state index in [2.05, 4.69) is 24.1 Å². The lowest BCUT2D eigenvalue weighted by Gasteiger charge is -2.26. The number of piperidine rings is 1. The van der Waals surface area contributed by atoms with Crippen LogP contribution in [0.25, 0.3) is 0 Å². The Morgan fingerprint density at radius 3 is 2.58 bits per heavy atom. The van der Waals surface area contributed by atoms with E-state index in [1.807, 2.05) is 0 Å². The Bertz CT molecular complexity index is 244. The molecule has 0 bridgehead atoms. The highest BCUT2D eigenvalue weighted by Crippen LogP contribution is 2.33. The van der Waals surface area contributed by atoms with E-state index in [0.29, 0.717) is 5.41 Å². The average Bonchev–Trinajstić information content (AvgIpc) is 2.57. The third kappa shape index (κ3) is 5.83. The lowest BCUT2D eigenvalue weighted by Crippen LogP contribution is -2.34. The van der Waals surface area contributed by atoms with Crippen molar-refractivity contribution in [3.05, 3.63) is 0 Å². The molecular formula is C17H34N2. The van der Waals surface area contributed by atoms with Crippen molar-refractivity contribution in [2.75, 3.05) is 26.2 Å². The van der Waals surface area contributed by atoms with Gasteiger partial charge in [0.2, 0.25) is 0 Å². The zero-order valence-corrected chi connectivity index (χ0v) is 13.2. The lowest BCUT2D eigenvalue weighted by molar-refractivity contribution is 0.224. The summed E-state index contributed by atoms with van der Waals surface area (Å²) in [6.45, 7) is 10.1. The third-order valence-corrected chi connectivity index (χ3v) is 5.11. The highest BCUT2D eigenvalue weighted by Gasteiger charge is 2.23. The second-order valence-electron chi connectivity index (χ2n) is 7.50. The molecule has 112 valence electrons. The summed E-state index contributed by atoms with van der Waals surface area (Å²) in [7, 11) is 0. The van der Waals surface area contributed by atoms with Gasteiger partial charge in [0.1, 0.15) is 0 Å². The molecule has 1 aliphatic heterocycles. The molecule has 0 aromatic heterocycles. The Balaban J connectivity index is 1.55. The molecule has 0 aromatic rings. The molecule has 2 heteroatoms. The Labute approximate surface area is 120 Å². The van der Waals surface area contributed by atoms with Crippen LogP contribution < -0.4 is 5.32 Å². The van der Waals surface area contributed by atoms with E-state index in [1.165, 1.54) is 84.0 Å². The van der Waals surface area contributed by atoms with Crippen molar-refractivity contribution in [2.24, 2.45) is 5.41 Å². The first-order chi connectivity index (χ1) is 9.16. The van der Waals surface area contributed by atoms with Gasteiger partial charge in [0.15, 0.2) is 0 Å². The van der Waals surface area contributed by atoms with Gasteiger partial charge in [-0.25, -0.2) is 0 Å². The molecular weight excluding hydrogens is 232 g/mol. The van der Waals surface area contributed by atoms with E-state index in [-0.39, 0.29) is 0 Å². The van der Waals surface area contributed by atoms with Crippen LogP contribution in [0.15, 0.2) is 0 Å². The third-order valence-electron chi connectivity index (χ3n) is 5.11. The van der Waals surface area contributed by atoms with Gasteiger partial charge in [0.05, 0.1) is 0 Å². The number of nitrogens with zero attached hydrogens (tertiary/aromatic N) is 1. The molecule has 1 atom stereocenters. The summed E-state index contributed by atoms with van der Waals surface area (Å²) in [5, 5.41) is 3.81. The molecule has 1 unspecified atom stereocenters. The zero-order valence-electron chi connectivity index (χ0n) is 13.2. The van der Waals surface area contributed by atoms with Crippen LogP contribution in [-0.4, -0.2) is 37.1 Å². The van der Waals surface area contributed by atoms with E-state index in [4.69, 9.17) is 0 Å². The summed E-state index contributed by atoms with van der Waals surface area (Å²) in [6, 6.07) is 0.795. The Morgan fingerprint density at radius 2 is 1.79 bits per heavy atom. The lowest BCUT2D eigenvalue weighted by atomic mass is 9.85. The van der Waals surface area contributed by atoms with E-state index in [0.717, 1.165) is 6.04 Å². The van der Waals surface area contributed by atoms with Crippen molar-refractivity contribution in [3.63, 3.8) is 0 Å². The Morgan fingerprint density at radius 1 is 1.00 bits per heavy atom. The van der Waals surface area contributed by atoms with Gasteiger partial charge < -0.3 is 10.2 Å². The molecule has 2 aliphatic rings. The molecule has 0 aromatic carbocycles. The van der Waals surface area contributed by atoms with Crippen LogP contribution in [0, 0.1) is 5.41 Å². The van der Waals surface area contributed by atoms with E-state index >= 15 is 0 Å². The number of rotatable bonds is 5. The predicted molar refractivity (Wildman–Crippen MR) is 83.6 cm³/mol. The largest absolute Gasteiger partial charge is 0.314 e. The predicted octanol–water partition coefficient (Wildman–Crippen LogP) is 3.81. The molecule has 1 saturated heterocycles. The van der Waals surface area contributed by atoms with Crippen LogP contribution in [0.1, 0.15) is 71.6 Å². The quantitative estimate of drug-likeness (QED) is 0.601. The molecule has 1 saturated carbocycles. The van der Waals surface area contributed by atoms with Crippen LogP contribution >= 0.6 is 0 Å². The maximum Gasteiger partial charge on any atom is 0.00672 e. The fourth-order valence-corrected chi connectivity index (χ4v) is 3.66. The highest BCUT2D eigenvalue weighted by atomic mass is 15.1. The summed E-state index contributed by atoms with van der Waals surface area (Å²) >= 11 is 0. The van der Waals surface area contributed by atoms with Crippen molar-refractivity contribution in [2.45, 2.75) is 77.7 Å². The minimum absolute atomic E-state index is 0.588. The summed E-state index contributed by atoms with van der Waals surface area (Å²) in [4.78, 5) is 2.65. The first kappa shape index (κ1) is 15.3. The first-order valence-corrected chi connectivity index (χ1v) is 8.61. The minimum Gasteiger partial charge on any atom is -0.314 e. The molecule has 0 amide bonds. The maximum absolute atomic E-state index is 3.81. The van der Waals surface area contributed by atoms with Crippen LogP contribution in [-0.2, 0) is 0 Å². The van der Waals surface area contributed by atoms with Crippen molar-refractivity contribution in [1.82, 2.24) is 10.2 Å². The van der Waals surface area contributed by atoms with Crippen LogP contribution in [0.5, 0.6) is 0 Å². The van der Waals surface area contributed by atoms with Crippen LogP contribution in [0.3, 0.4) is 0 Å². The van der Waals surface area contributed by atoms with Gasteiger partial charge in [-0.2, -0.15) is 0 Å². The standard InChI is InChI=1S/C17H34N2/c1-17(2)10-6-8-16(9-11-17)18-12-7-15-19-13-4-3-5-14-19/h16,18H,3-15H2,1-2H3. The van der Waals surface area contributed by atoms with Gasteiger partial charge in [0.25, 0.3) is 0 Å². The smallest absolute Gasteiger partial charge is 0.00672 e. The molecule has 1 aliphatic carbocycles. The number of likely N-dealkylation sites (tertiary alicyclic amines) is 1.